The number of H-pyrrole nitrogens is 1. The van der Waals surface area contributed by atoms with Gasteiger partial charge in [0.2, 0.25) is 11.8 Å². The average molecular weight is 384 g/mol. The molecule has 2 amide bonds. The largest absolute Gasteiger partial charge is 0.495 e. The third kappa shape index (κ3) is 4.21. The lowest BCUT2D eigenvalue weighted by Gasteiger charge is -2.19. The number of nitrogens with zero attached hydrogens (tertiary/aromatic N) is 2. The normalized spacial score (nSPS) is 16.3. The van der Waals surface area contributed by atoms with Crippen molar-refractivity contribution in [2.75, 3.05) is 18.6 Å². The molecule has 0 radical (unpaired) electrons. The summed E-state index contributed by atoms with van der Waals surface area (Å²) in [4.78, 5) is 44.3. The van der Waals surface area contributed by atoms with Gasteiger partial charge in [-0.05, 0) is 38.0 Å². The maximum absolute atomic E-state index is 12.4. The number of aryl methyl sites for hydroxylation is 2. The first-order valence-electron chi connectivity index (χ1n) is 9.18. The van der Waals surface area contributed by atoms with Crippen LogP contribution in [0.25, 0.3) is 0 Å². The third-order valence-corrected chi connectivity index (χ3v) is 4.92. The summed E-state index contributed by atoms with van der Waals surface area (Å²) in [7, 11) is 1.56. The number of carbonyl (C=O) groups is 2. The van der Waals surface area contributed by atoms with Crippen LogP contribution < -0.4 is 20.6 Å². The van der Waals surface area contributed by atoms with Gasteiger partial charge in [-0.15, -0.1) is 0 Å². The van der Waals surface area contributed by atoms with E-state index in [1.165, 1.54) is 0 Å². The highest BCUT2D eigenvalue weighted by Gasteiger charge is 2.32. The number of hydrogen-bond acceptors (Lipinski definition) is 5. The summed E-state index contributed by atoms with van der Waals surface area (Å²) in [5.41, 5.74) is 2.55. The van der Waals surface area contributed by atoms with Crippen molar-refractivity contribution in [1.82, 2.24) is 15.3 Å². The van der Waals surface area contributed by atoms with Crippen molar-refractivity contribution in [2.24, 2.45) is 0 Å². The second-order valence-electron chi connectivity index (χ2n) is 6.88. The number of nitrogens with one attached hydrogen (secondary N) is 2. The van der Waals surface area contributed by atoms with Gasteiger partial charge < -0.3 is 19.9 Å². The molecule has 8 heteroatoms. The van der Waals surface area contributed by atoms with Crippen LogP contribution in [-0.2, 0) is 16.0 Å². The van der Waals surface area contributed by atoms with Crippen LogP contribution in [0.5, 0.6) is 5.75 Å². The number of para-hydroxylation sites is 2. The maximum Gasteiger partial charge on any atom is 0.345 e. The first-order chi connectivity index (χ1) is 13.4. The van der Waals surface area contributed by atoms with Crippen molar-refractivity contribution in [3.63, 3.8) is 0 Å². The first kappa shape index (κ1) is 19.6. The predicted octanol–water partition coefficient (Wildman–Crippen LogP) is 1.25. The lowest BCUT2D eigenvalue weighted by Crippen LogP contribution is -2.37. The van der Waals surface area contributed by atoms with E-state index in [-0.39, 0.29) is 36.4 Å². The monoisotopic (exact) mass is 384 g/mol. The van der Waals surface area contributed by atoms with Crippen molar-refractivity contribution in [3.05, 3.63) is 51.7 Å². The molecule has 2 heterocycles. The molecule has 2 aromatic rings. The van der Waals surface area contributed by atoms with Crippen molar-refractivity contribution < 1.29 is 14.3 Å². The minimum absolute atomic E-state index is 0.0497. The number of aromatic nitrogens is 2. The van der Waals surface area contributed by atoms with E-state index >= 15 is 0 Å². The molecular weight excluding hydrogens is 360 g/mol. The Labute approximate surface area is 162 Å². The summed E-state index contributed by atoms with van der Waals surface area (Å²) in [5.74, 6) is 0.440. The van der Waals surface area contributed by atoms with E-state index < -0.39 is 0 Å². The zero-order chi connectivity index (χ0) is 20.3. The van der Waals surface area contributed by atoms with Crippen LogP contribution >= 0.6 is 0 Å². The highest BCUT2D eigenvalue weighted by molar-refractivity contribution is 5.98. The Hall–Kier alpha value is -3.16. The highest BCUT2D eigenvalue weighted by atomic mass is 16.5. The second-order valence-corrected chi connectivity index (χ2v) is 6.88. The Balaban J connectivity index is 1.60. The zero-order valence-corrected chi connectivity index (χ0v) is 16.2. The van der Waals surface area contributed by atoms with Gasteiger partial charge in [-0.1, -0.05) is 12.1 Å². The molecule has 1 aromatic heterocycles. The Morgan fingerprint density at radius 1 is 1.32 bits per heavy atom. The fourth-order valence-corrected chi connectivity index (χ4v) is 3.55. The molecule has 1 aliphatic rings. The van der Waals surface area contributed by atoms with Gasteiger partial charge in [-0.3, -0.25) is 9.59 Å². The average Bonchev–Trinajstić information content (AvgIpc) is 3.00. The van der Waals surface area contributed by atoms with Gasteiger partial charge in [-0.2, -0.15) is 4.98 Å². The summed E-state index contributed by atoms with van der Waals surface area (Å²) in [6.45, 7) is 3.96. The van der Waals surface area contributed by atoms with E-state index in [1.54, 1.807) is 31.9 Å². The lowest BCUT2D eigenvalue weighted by molar-refractivity contribution is -0.121. The Morgan fingerprint density at radius 3 is 2.79 bits per heavy atom. The van der Waals surface area contributed by atoms with Crippen LogP contribution in [0.4, 0.5) is 5.69 Å². The van der Waals surface area contributed by atoms with Crippen LogP contribution in [0.2, 0.25) is 0 Å². The molecule has 0 bridgehead atoms. The molecule has 3 rings (SSSR count). The first-order valence-corrected chi connectivity index (χ1v) is 9.18. The van der Waals surface area contributed by atoms with E-state index in [4.69, 9.17) is 4.74 Å². The number of anilines is 1. The number of ether oxygens (including phenoxy) is 1. The Bertz CT molecular complexity index is 927. The summed E-state index contributed by atoms with van der Waals surface area (Å²) in [5, 5.41) is 2.93. The van der Waals surface area contributed by atoms with Crippen molar-refractivity contribution in [1.29, 1.82) is 0 Å². The summed E-state index contributed by atoms with van der Waals surface area (Å²) < 4.78 is 5.33. The number of methoxy groups -OCH3 is 1. The van der Waals surface area contributed by atoms with E-state index in [1.807, 2.05) is 18.2 Å². The van der Waals surface area contributed by atoms with Gasteiger partial charge in [-0.25, -0.2) is 4.79 Å². The van der Waals surface area contributed by atoms with Crippen LogP contribution in [0.15, 0.2) is 29.1 Å². The number of carbonyl (C=O) groups excluding carboxylic acids is 2. The third-order valence-electron chi connectivity index (χ3n) is 4.92. The van der Waals surface area contributed by atoms with Crippen molar-refractivity contribution >= 4 is 17.5 Å². The van der Waals surface area contributed by atoms with Crippen LogP contribution in [0, 0.1) is 13.8 Å². The molecule has 0 saturated carbocycles. The number of rotatable bonds is 6. The molecule has 1 aromatic carbocycles. The van der Waals surface area contributed by atoms with E-state index in [0.717, 1.165) is 11.3 Å². The summed E-state index contributed by atoms with van der Waals surface area (Å²) >= 11 is 0. The van der Waals surface area contributed by atoms with Crippen LogP contribution in [0.3, 0.4) is 0 Å². The Morgan fingerprint density at radius 2 is 2.07 bits per heavy atom. The standard InChI is InChI=1S/C20H24N4O4/c1-12-15(13(2)22-20(27)21-12)8-9-18(25)23-14-10-19(26)24(11-14)16-6-4-5-7-17(16)28-3/h4-7,14H,8-11H2,1-3H3,(H,23,25)(H,21,22,27)/t14-/m0/s1. The number of aromatic amines is 1. The van der Waals surface area contributed by atoms with E-state index in [9.17, 15) is 14.4 Å². The molecule has 148 valence electrons. The number of hydrogen-bond donors (Lipinski definition) is 2. The molecule has 1 aliphatic heterocycles. The molecule has 0 aliphatic carbocycles. The van der Waals surface area contributed by atoms with Crippen LogP contribution in [-0.4, -0.2) is 41.5 Å². The Kier molecular flexibility index (Phi) is 5.77. The number of amides is 2. The molecule has 0 unspecified atom stereocenters. The van der Waals surface area contributed by atoms with Gasteiger partial charge in [0.1, 0.15) is 5.75 Å². The molecule has 1 fully saturated rings. The zero-order valence-electron chi connectivity index (χ0n) is 16.2. The van der Waals surface area contributed by atoms with Gasteiger partial charge in [0.25, 0.3) is 0 Å². The highest BCUT2D eigenvalue weighted by Crippen LogP contribution is 2.31. The fourth-order valence-electron chi connectivity index (χ4n) is 3.55. The smallest absolute Gasteiger partial charge is 0.345 e. The lowest BCUT2D eigenvalue weighted by atomic mass is 10.1. The molecule has 28 heavy (non-hydrogen) atoms. The molecule has 2 N–H and O–H groups in total. The van der Waals surface area contributed by atoms with Gasteiger partial charge in [0.15, 0.2) is 0 Å². The summed E-state index contributed by atoms with van der Waals surface area (Å²) in [6.07, 6.45) is 0.987. The predicted molar refractivity (Wildman–Crippen MR) is 105 cm³/mol. The van der Waals surface area contributed by atoms with Crippen molar-refractivity contribution in [3.8, 4) is 5.75 Å². The maximum atomic E-state index is 12.4. The fraction of sp³-hybridized carbons (Fsp3) is 0.400. The molecule has 0 spiro atoms. The molecular formula is C20H24N4O4. The molecule has 1 saturated heterocycles. The molecule has 8 nitrogen and oxygen atoms in total. The quantitative estimate of drug-likeness (QED) is 0.780. The van der Waals surface area contributed by atoms with Gasteiger partial charge in [0, 0.05) is 30.8 Å². The number of benzene rings is 1. The van der Waals surface area contributed by atoms with Crippen molar-refractivity contribution in [2.45, 2.75) is 39.2 Å². The molecule has 1 atom stereocenters. The minimum atomic E-state index is -0.385. The topological polar surface area (TPSA) is 104 Å². The summed E-state index contributed by atoms with van der Waals surface area (Å²) in [6, 6.07) is 7.07. The van der Waals surface area contributed by atoms with E-state index in [0.29, 0.717) is 30.1 Å². The second kappa shape index (κ2) is 8.24. The van der Waals surface area contributed by atoms with Crippen LogP contribution in [0.1, 0.15) is 29.8 Å². The SMILES string of the molecule is COc1ccccc1N1C[C@@H](NC(=O)CCc2c(C)nc(=O)[nH]c2C)CC1=O. The van der Waals surface area contributed by atoms with E-state index in [2.05, 4.69) is 15.3 Å². The van der Waals surface area contributed by atoms with Gasteiger partial charge in [0.05, 0.1) is 18.8 Å². The minimum Gasteiger partial charge on any atom is -0.495 e. The van der Waals surface area contributed by atoms with Gasteiger partial charge >= 0.3 is 5.69 Å².